The van der Waals surface area contributed by atoms with E-state index in [9.17, 15) is 8.78 Å². The summed E-state index contributed by atoms with van der Waals surface area (Å²) in [7, 11) is -0.958. The Kier molecular flexibility index (Phi) is 9.78. The molecule has 0 amide bonds. The zero-order valence-corrected chi connectivity index (χ0v) is 17.1. The third-order valence-corrected chi connectivity index (χ3v) is 7.07. The number of benzene rings is 1. The van der Waals surface area contributed by atoms with Crippen LogP contribution in [0.2, 0.25) is 6.04 Å². The van der Waals surface area contributed by atoms with E-state index in [2.05, 4.69) is 0 Å². The van der Waals surface area contributed by atoms with Crippen molar-refractivity contribution in [3.05, 3.63) is 35.4 Å². The number of hydrogen-bond donors (Lipinski definition) is 0. The van der Waals surface area contributed by atoms with Gasteiger partial charge >= 0.3 is 8.80 Å². The van der Waals surface area contributed by atoms with E-state index in [-0.39, 0.29) is 12.2 Å². The van der Waals surface area contributed by atoms with Crippen LogP contribution in [0.25, 0.3) is 0 Å². The maximum atomic E-state index is 13.2. The Morgan fingerprint density at radius 1 is 0.880 bits per heavy atom. The number of halogens is 2. The summed E-state index contributed by atoms with van der Waals surface area (Å²) in [6, 6.07) is 4.92. The van der Waals surface area contributed by atoms with Crippen molar-refractivity contribution in [2.45, 2.75) is 78.1 Å². The molecule has 0 aliphatic carbocycles. The van der Waals surface area contributed by atoms with Gasteiger partial charge in [0.05, 0.1) is 0 Å². The van der Waals surface area contributed by atoms with Gasteiger partial charge in [-0.15, -0.1) is 0 Å². The lowest BCUT2D eigenvalue weighted by molar-refractivity contribution is 0.0323. The van der Waals surface area contributed by atoms with Gasteiger partial charge in [-0.05, 0) is 64.7 Å². The SMILES string of the molecule is CO[Si](CCCCCCc1ccc(F)c(F)c1)(OC(C)C)OC(C)C. The molecule has 0 heterocycles. The number of hydrogen-bond acceptors (Lipinski definition) is 3. The van der Waals surface area contributed by atoms with Gasteiger partial charge in [-0.1, -0.05) is 18.9 Å². The lowest BCUT2D eigenvalue weighted by atomic mass is 10.1. The van der Waals surface area contributed by atoms with Gasteiger partial charge in [-0.2, -0.15) is 0 Å². The molecule has 0 radical (unpaired) electrons. The van der Waals surface area contributed by atoms with Crippen molar-refractivity contribution in [1.29, 1.82) is 0 Å². The summed E-state index contributed by atoms with van der Waals surface area (Å²) < 4.78 is 43.8. The fraction of sp³-hybridized carbons (Fsp3) is 0.684. The second-order valence-electron chi connectivity index (χ2n) is 6.88. The highest BCUT2D eigenvalue weighted by Gasteiger charge is 2.41. The molecule has 0 aliphatic heterocycles. The van der Waals surface area contributed by atoms with E-state index in [0.717, 1.165) is 43.7 Å². The standard InChI is InChI=1S/C19H32F2O3Si/c1-15(2)23-25(22-5,24-16(3)4)13-9-7-6-8-10-17-11-12-18(20)19(21)14-17/h11-12,14-16H,6-10,13H2,1-5H3. The second kappa shape index (κ2) is 11.0. The molecule has 1 aromatic rings. The number of aryl methyl sites for hydroxylation is 1. The number of rotatable bonds is 12. The molecule has 0 fully saturated rings. The zero-order valence-electron chi connectivity index (χ0n) is 16.1. The zero-order chi connectivity index (χ0) is 18.9. The topological polar surface area (TPSA) is 27.7 Å². The third kappa shape index (κ3) is 8.40. The van der Waals surface area contributed by atoms with Crippen molar-refractivity contribution in [2.75, 3.05) is 7.11 Å². The first-order valence-electron chi connectivity index (χ1n) is 9.12. The van der Waals surface area contributed by atoms with E-state index < -0.39 is 20.4 Å². The summed E-state index contributed by atoms with van der Waals surface area (Å²) >= 11 is 0. The van der Waals surface area contributed by atoms with E-state index in [4.69, 9.17) is 13.3 Å². The first kappa shape index (κ1) is 22.2. The van der Waals surface area contributed by atoms with Crippen LogP contribution < -0.4 is 0 Å². The molecule has 0 unspecified atom stereocenters. The highest BCUT2D eigenvalue weighted by Crippen LogP contribution is 2.23. The van der Waals surface area contributed by atoms with Crippen LogP contribution in [0.4, 0.5) is 8.78 Å². The molecule has 0 saturated carbocycles. The molecule has 0 spiro atoms. The molecular weight excluding hydrogens is 342 g/mol. The van der Waals surface area contributed by atoms with Gasteiger partial charge < -0.3 is 13.3 Å². The summed E-state index contributed by atoms with van der Waals surface area (Å²) in [5.41, 5.74) is 0.839. The first-order valence-corrected chi connectivity index (χ1v) is 11.1. The van der Waals surface area contributed by atoms with Gasteiger partial charge in [0.15, 0.2) is 11.6 Å². The van der Waals surface area contributed by atoms with Crippen LogP contribution in [0, 0.1) is 11.6 Å². The minimum absolute atomic E-state index is 0.0683. The quantitative estimate of drug-likeness (QED) is 0.357. The molecule has 25 heavy (non-hydrogen) atoms. The minimum atomic E-state index is -2.62. The van der Waals surface area contributed by atoms with E-state index in [0.29, 0.717) is 0 Å². The molecule has 144 valence electrons. The van der Waals surface area contributed by atoms with E-state index in [1.54, 1.807) is 13.2 Å². The second-order valence-corrected chi connectivity index (χ2v) is 9.63. The maximum absolute atomic E-state index is 13.2. The predicted octanol–water partition coefficient (Wildman–Crippen LogP) is 5.50. The molecule has 3 nitrogen and oxygen atoms in total. The van der Waals surface area contributed by atoms with Crippen molar-refractivity contribution in [1.82, 2.24) is 0 Å². The molecule has 0 saturated heterocycles. The summed E-state index contributed by atoms with van der Waals surface area (Å²) in [6.07, 6.45) is 4.87. The minimum Gasteiger partial charge on any atom is -0.377 e. The van der Waals surface area contributed by atoms with Crippen molar-refractivity contribution >= 4 is 8.80 Å². The summed E-state index contributed by atoms with van der Waals surface area (Å²) in [5.74, 6) is -1.56. The maximum Gasteiger partial charge on any atom is 0.501 e. The van der Waals surface area contributed by atoms with Crippen LogP contribution in [0.5, 0.6) is 0 Å². The molecule has 0 atom stereocenters. The normalized spacial score (nSPS) is 12.4. The fourth-order valence-corrected chi connectivity index (χ4v) is 5.59. The van der Waals surface area contributed by atoms with Crippen LogP contribution >= 0.6 is 0 Å². The van der Waals surface area contributed by atoms with Gasteiger partial charge in [0.1, 0.15) is 0 Å². The van der Waals surface area contributed by atoms with Crippen LogP contribution in [0.15, 0.2) is 18.2 Å². The van der Waals surface area contributed by atoms with Crippen molar-refractivity contribution in [3.8, 4) is 0 Å². The summed E-state index contributed by atoms with van der Waals surface area (Å²) in [4.78, 5) is 0. The first-order chi connectivity index (χ1) is 11.8. The highest BCUT2D eigenvalue weighted by atomic mass is 28.4. The number of unbranched alkanes of at least 4 members (excludes halogenated alkanes) is 3. The molecule has 0 N–H and O–H groups in total. The van der Waals surface area contributed by atoms with Crippen molar-refractivity contribution in [3.63, 3.8) is 0 Å². The monoisotopic (exact) mass is 374 g/mol. The average molecular weight is 375 g/mol. The average Bonchev–Trinajstić information content (AvgIpc) is 2.52. The molecule has 0 aliphatic rings. The largest absolute Gasteiger partial charge is 0.501 e. The van der Waals surface area contributed by atoms with Gasteiger partial charge in [-0.25, -0.2) is 8.78 Å². The van der Waals surface area contributed by atoms with E-state index in [1.165, 1.54) is 12.1 Å². The third-order valence-electron chi connectivity index (χ3n) is 3.82. The van der Waals surface area contributed by atoms with E-state index in [1.807, 2.05) is 27.7 Å². The molecular formula is C19H32F2O3Si. The Bertz CT molecular complexity index is 499. The van der Waals surface area contributed by atoms with Gasteiger partial charge in [0, 0.05) is 25.4 Å². The molecule has 0 aromatic heterocycles. The smallest absolute Gasteiger partial charge is 0.377 e. The lowest BCUT2D eigenvalue weighted by Crippen LogP contribution is -2.48. The Balaban J connectivity index is 2.36. The van der Waals surface area contributed by atoms with Crippen molar-refractivity contribution in [2.24, 2.45) is 0 Å². The van der Waals surface area contributed by atoms with Gasteiger partial charge in [0.25, 0.3) is 0 Å². The van der Waals surface area contributed by atoms with Crippen LogP contribution in [0.1, 0.15) is 58.9 Å². The van der Waals surface area contributed by atoms with E-state index >= 15 is 0 Å². The summed E-state index contributed by atoms with van der Waals surface area (Å²) in [6.45, 7) is 7.97. The molecule has 1 rings (SSSR count). The predicted molar refractivity (Wildman–Crippen MR) is 98.5 cm³/mol. The van der Waals surface area contributed by atoms with Crippen LogP contribution in [0.3, 0.4) is 0 Å². The van der Waals surface area contributed by atoms with Crippen molar-refractivity contribution < 1.29 is 22.1 Å². The van der Waals surface area contributed by atoms with Crippen LogP contribution in [-0.4, -0.2) is 28.1 Å². The highest BCUT2D eigenvalue weighted by molar-refractivity contribution is 6.60. The Labute approximate surface area is 152 Å². The van der Waals surface area contributed by atoms with Gasteiger partial charge in [0.2, 0.25) is 0 Å². The van der Waals surface area contributed by atoms with Crippen LogP contribution in [-0.2, 0) is 19.7 Å². The Hall–Kier alpha value is -0.823. The fourth-order valence-electron chi connectivity index (χ4n) is 2.78. The summed E-state index contributed by atoms with van der Waals surface area (Å²) in [5, 5.41) is 0. The lowest BCUT2D eigenvalue weighted by Gasteiger charge is -2.31. The Morgan fingerprint density at radius 2 is 1.48 bits per heavy atom. The Morgan fingerprint density at radius 3 is 2.00 bits per heavy atom. The molecule has 6 heteroatoms. The molecule has 0 bridgehead atoms. The van der Waals surface area contributed by atoms with Gasteiger partial charge in [-0.3, -0.25) is 0 Å². The molecule has 1 aromatic carbocycles.